The van der Waals surface area contributed by atoms with Crippen molar-refractivity contribution in [3.05, 3.63) is 11.7 Å². The maximum absolute atomic E-state index is 8.64. The summed E-state index contributed by atoms with van der Waals surface area (Å²) in [4.78, 5) is 3.92. The Morgan fingerprint density at radius 2 is 2.42 bits per heavy atom. The molecule has 0 amide bonds. The van der Waals surface area contributed by atoms with Crippen molar-refractivity contribution >= 4 is 0 Å². The lowest BCUT2D eigenvalue weighted by Gasteiger charge is -2.05. The zero-order chi connectivity index (χ0) is 8.97. The third kappa shape index (κ3) is 1.80. The Balaban J connectivity index is 2.72. The van der Waals surface area contributed by atoms with E-state index in [4.69, 9.17) is 14.4 Å². The van der Waals surface area contributed by atoms with E-state index in [9.17, 15) is 0 Å². The van der Waals surface area contributed by atoms with Crippen molar-refractivity contribution in [3.63, 3.8) is 0 Å². The fourth-order valence-electron chi connectivity index (χ4n) is 0.918. The highest BCUT2D eigenvalue weighted by Gasteiger charge is 2.14. The molecule has 0 aliphatic rings. The molecule has 1 aromatic rings. The molecule has 5 heteroatoms. The standard InChI is InChI=1S/C7H12N2O3/c1-3-5(11-2)7-8-6(4-10)12-9-7/h5,10H,3-4H2,1-2H3. The molecule has 0 spiro atoms. The summed E-state index contributed by atoms with van der Waals surface area (Å²) in [5.41, 5.74) is 0. The number of methoxy groups -OCH3 is 1. The van der Waals surface area contributed by atoms with Crippen LogP contribution in [0.3, 0.4) is 0 Å². The number of aliphatic hydroxyl groups is 1. The summed E-state index contributed by atoms with van der Waals surface area (Å²) in [6.45, 7) is 1.73. The van der Waals surface area contributed by atoms with E-state index >= 15 is 0 Å². The van der Waals surface area contributed by atoms with Gasteiger partial charge in [0, 0.05) is 7.11 Å². The fourth-order valence-corrected chi connectivity index (χ4v) is 0.918. The molecule has 0 saturated heterocycles. The van der Waals surface area contributed by atoms with Crippen molar-refractivity contribution < 1.29 is 14.4 Å². The first-order chi connectivity index (χ1) is 5.81. The molecular weight excluding hydrogens is 160 g/mol. The van der Waals surface area contributed by atoms with Crippen molar-refractivity contribution in [2.24, 2.45) is 0 Å². The van der Waals surface area contributed by atoms with E-state index in [2.05, 4.69) is 10.1 Å². The van der Waals surface area contributed by atoms with E-state index in [1.165, 1.54) is 0 Å². The van der Waals surface area contributed by atoms with Gasteiger partial charge in [-0.2, -0.15) is 4.98 Å². The number of aromatic nitrogens is 2. The first kappa shape index (κ1) is 9.15. The highest BCUT2D eigenvalue weighted by atomic mass is 16.5. The summed E-state index contributed by atoms with van der Waals surface area (Å²) in [7, 11) is 1.59. The van der Waals surface area contributed by atoms with Crippen LogP contribution in [0.25, 0.3) is 0 Å². The first-order valence-corrected chi connectivity index (χ1v) is 3.78. The van der Waals surface area contributed by atoms with Gasteiger partial charge in [-0.15, -0.1) is 0 Å². The van der Waals surface area contributed by atoms with Crippen LogP contribution in [-0.2, 0) is 11.3 Å². The molecule has 0 aromatic carbocycles. The summed E-state index contributed by atoms with van der Waals surface area (Å²) >= 11 is 0. The molecule has 1 rings (SSSR count). The van der Waals surface area contributed by atoms with Crippen LogP contribution in [0.1, 0.15) is 31.2 Å². The molecule has 1 heterocycles. The summed E-state index contributed by atoms with van der Waals surface area (Å²) in [5, 5.41) is 12.3. The van der Waals surface area contributed by atoms with Gasteiger partial charge in [0.2, 0.25) is 5.82 Å². The highest BCUT2D eigenvalue weighted by Crippen LogP contribution is 2.16. The van der Waals surface area contributed by atoms with Gasteiger partial charge in [-0.25, -0.2) is 0 Å². The van der Waals surface area contributed by atoms with E-state index in [0.29, 0.717) is 5.82 Å². The second kappa shape index (κ2) is 4.18. The van der Waals surface area contributed by atoms with E-state index in [1.54, 1.807) is 7.11 Å². The van der Waals surface area contributed by atoms with Gasteiger partial charge in [-0.1, -0.05) is 12.1 Å². The average molecular weight is 172 g/mol. The molecular formula is C7H12N2O3. The van der Waals surface area contributed by atoms with Gasteiger partial charge >= 0.3 is 0 Å². The Morgan fingerprint density at radius 3 is 2.83 bits per heavy atom. The largest absolute Gasteiger partial charge is 0.387 e. The monoisotopic (exact) mass is 172 g/mol. The summed E-state index contributed by atoms with van der Waals surface area (Å²) in [6, 6.07) is 0. The Hall–Kier alpha value is -0.940. The van der Waals surface area contributed by atoms with Gasteiger partial charge in [0.1, 0.15) is 12.7 Å². The lowest BCUT2D eigenvalue weighted by atomic mass is 10.3. The van der Waals surface area contributed by atoms with E-state index in [0.717, 1.165) is 6.42 Å². The maximum atomic E-state index is 8.64. The van der Waals surface area contributed by atoms with Crippen LogP contribution in [0.2, 0.25) is 0 Å². The lowest BCUT2D eigenvalue weighted by Crippen LogP contribution is -2.01. The van der Waals surface area contributed by atoms with Crippen molar-refractivity contribution in [1.82, 2.24) is 10.1 Å². The quantitative estimate of drug-likeness (QED) is 0.722. The second-order valence-corrected chi connectivity index (χ2v) is 2.34. The van der Waals surface area contributed by atoms with Gasteiger partial charge in [0.15, 0.2) is 0 Å². The van der Waals surface area contributed by atoms with E-state index in [-0.39, 0.29) is 18.6 Å². The zero-order valence-corrected chi connectivity index (χ0v) is 7.15. The lowest BCUT2D eigenvalue weighted by molar-refractivity contribution is 0.0903. The minimum absolute atomic E-state index is 0.144. The number of rotatable bonds is 4. The third-order valence-electron chi connectivity index (χ3n) is 1.56. The average Bonchev–Trinajstić information content (AvgIpc) is 2.55. The topological polar surface area (TPSA) is 68.4 Å². The van der Waals surface area contributed by atoms with Crippen LogP contribution >= 0.6 is 0 Å². The second-order valence-electron chi connectivity index (χ2n) is 2.34. The predicted octanol–water partition coefficient (Wildman–Crippen LogP) is 0.659. The fraction of sp³-hybridized carbons (Fsp3) is 0.714. The van der Waals surface area contributed by atoms with Gasteiger partial charge in [-0.3, -0.25) is 0 Å². The number of hydrogen-bond acceptors (Lipinski definition) is 5. The molecule has 1 unspecified atom stereocenters. The Kier molecular flexibility index (Phi) is 3.19. The normalized spacial score (nSPS) is 13.2. The summed E-state index contributed by atoms with van der Waals surface area (Å²) < 4.78 is 9.78. The first-order valence-electron chi connectivity index (χ1n) is 3.78. The molecule has 0 fully saturated rings. The summed E-state index contributed by atoms with van der Waals surface area (Å²) in [5.74, 6) is 0.713. The Morgan fingerprint density at radius 1 is 1.67 bits per heavy atom. The molecule has 0 aliphatic heterocycles. The van der Waals surface area contributed by atoms with Gasteiger partial charge in [0.05, 0.1) is 0 Å². The molecule has 0 saturated carbocycles. The number of ether oxygens (including phenoxy) is 1. The number of hydrogen-bond donors (Lipinski definition) is 1. The maximum Gasteiger partial charge on any atom is 0.252 e. The van der Waals surface area contributed by atoms with Crippen LogP contribution in [0.4, 0.5) is 0 Å². The van der Waals surface area contributed by atoms with Crippen LogP contribution in [0.15, 0.2) is 4.52 Å². The molecule has 68 valence electrons. The zero-order valence-electron chi connectivity index (χ0n) is 7.15. The van der Waals surface area contributed by atoms with Crippen molar-refractivity contribution in [3.8, 4) is 0 Å². The number of nitrogens with zero attached hydrogens (tertiary/aromatic N) is 2. The third-order valence-corrected chi connectivity index (χ3v) is 1.56. The van der Waals surface area contributed by atoms with E-state index < -0.39 is 0 Å². The molecule has 1 aromatic heterocycles. The molecule has 1 atom stereocenters. The molecule has 0 bridgehead atoms. The van der Waals surface area contributed by atoms with E-state index in [1.807, 2.05) is 6.92 Å². The summed E-state index contributed by atoms with van der Waals surface area (Å²) in [6.07, 6.45) is 0.634. The molecule has 5 nitrogen and oxygen atoms in total. The minimum Gasteiger partial charge on any atom is -0.387 e. The number of aliphatic hydroxyl groups excluding tert-OH is 1. The SMILES string of the molecule is CCC(OC)c1noc(CO)n1. The van der Waals surface area contributed by atoms with Crippen molar-refractivity contribution in [2.75, 3.05) is 7.11 Å². The molecule has 0 radical (unpaired) electrons. The van der Waals surface area contributed by atoms with Crippen molar-refractivity contribution in [1.29, 1.82) is 0 Å². The molecule has 12 heavy (non-hydrogen) atoms. The van der Waals surface area contributed by atoms with Crippen LogP contribution in [0.5, 0.6) is 0 Å². The Bertz CT molecular complexity index is 232. The van der Waals surface area contributed by atoms with Crippen LogP contribution in [-0.4, -0.2) is 22.4 Å². The minimum atomic E-state index is -0.229. The van der Waals surface area contributed by atoms with Crippen molar-refractivity contribution in [2.45, 2.75) is 26.1 Å². The van der Waals surface area contributed by atoms with Crippen LogP contribution < -0.4 is 0 Å². The van der Waals surface area contributed by atoms with Crippen LogP contribution in [0, 0.1) is 0 Å². The Labute approximate surface area is 70.3 Å². The van der Waals surface area contributed by atoms with Gasteiger partial charge in [0.25, 0.3) is 5.89 Å². The smallest absolute Gasteiger partial charge is 0.252 e. The van der Waals surface area contributed by atoms with Gasteiger partial charge in [-0.05, 0) is 6.42 Å². The predicted molar refractivity (Wildman–Crippen MR) is 40.3 cm³/mol. The molecule has 0 aliphatic carbocycles. The van der Waals surface area contributed by atoms with Gasteiger partial charge < -0.3 is 14.4 Å². The molecule has 1 N–H and O–H groups in total. The highest BCUT2D eigenvalue weighted by molar-refractivity contribution is 4.89.